The summed E-state index contributed by atoms with van der Waals surface area (Å²) < 4.78 is 0. The lowest BCUT2D eigenvalue weighted by Gasteiger charge is -2.22. The van der Waals surface area contributed by atoms with E-state index in [0.717, 1.165) is 12.8 Å². The lowest BCUT2D eigenvalue weighted by molar-refractivity contribution is -0.117. The van der Waals surface area contributed by atoms with Crippen molar-refractivity contribution in [3.05, 3.63) is 29.8 Å². The summed E-state index contributed by atoms with van der Waals surface area (Å²) in [4.78, 5) is 24.3. The summed E-state index contributed by atoms with van der Waals surface area (Å²) in [6.07, 6.45) is 5.69. The zero-order chi connectivity index (χ0) is 16.9. The van der Waals surface area contributed by atoms with Crippen LogP contribution in [0, 0.1) is 0 Å². The second kappa shape index (κ2) is 9.17. The Morgan fingerprint density at radius 2 is 1.76 bits per heavy atom. The second-order valence-electron chi connectivity index (χ2n) is 6.73. The van der Waals surface area contributed by atoms with E-state index >= 15 is 0 Å². The molecule has 25 heavy (non-hydrogen) atoms. The highest BCUT2D eigenvalue weighted by atomic mass is 35.5. The molecule has 4 N–H and O–H groups in total. The minimum absolute atomic E-state index is 0. The van der Waals surface area contributed by atoms with Gasteiger partial charge in [0.25, 0.3) is 5.91 Å². The molecule has 0 spiro atoms. The van der Waals surface area contributed by atoms with Gasteiger partial charge < -0.3 is 21.1 Å². The molecule has 138 valence electrons. The first-order valence-electron chi connectivity index (χ1n) is 8.75. The van der Waals surface area contributed by atoms with Crippen molar-refractivity contribution in [3.63, 3.8) is 0 Å². The highest BCUT2D eigenvalue weighted by Gasteiger charge is 2.28. The van der Waals surface area contributed by atoms with Crippen molar-refractivity contribution in [1.82, 2.24) is 10.6 Å². The smallest absolute Gasteiger partial charge is 0.251 e. The average Bonchev–Trinajstić information content (AvgIpc) is 3.03. The minimum atomic E-state index is -0.466. The van der Waals surface area contributed by atoms with E-state index in [1.165, 1.54) is 19.3 Å². The Hall–Kier alpha value is -1.63. The zero-order valence-corrected chi connectivity index (χ0v) is 15.0. The molecule has 2 atom stereocenters. The maximum atomic E-state index is 12.3. The van der Waals surface area contributed by atoms with E-state index in [1.807, 2.05) is 0 Å². The van der Waals surface area contributed by atoms with Crippen LogP contribution < -0.4 is 16.0 Å². The van der Waals surface area contributed by atoms with E-state index in [1.54, 1.807) is 24.3 Å². The summed E-state index contributed by atoms with van der Waals surface area (Å²) in [6.45, 7) is 0.443. The standard InChI is InChI=1S/C18H25N3O3.ClH/c22-15-10-16(19-11-15)18(24)21-14-8-6-12(7-9-14)17(23)20-13-4-2-1-3-5-13;/h6-9,13,15-16,19,22H,1-5,10-11H2,(H,20,23)(H,21,24);1H. The molecule has 7 heteroatoms. The van der Waals surface area contributed by atoms with Crippen molar-refractivity contribution in [3.8, 4) is 0 Å². The summed E-state index contributed by atoms with van der Waals surface area (Å²) in [5.74, 6) is -0.216. The molecule has 2 amide bonds. The molecule has 0 aromatic heterocycles. The fraction of sp³-hybridized carbons (Fsp3) is 0.556. The molecular weight excluding hydrogens is 342 g/mol. The molecule has 2 fully saturated rings. The van der Waals surface area contributed by atoms with Crippen LogP contribution in [0.1, 0.15) is 48.9 Å². The molecule has 1 heterocycles. The van der Waals surface area contributed by atoms with Gasteiger partial charge in [-0.15, -0.1) is 12.4 Å². The number of β-amino-alcohol motifs (C(OH)–C–C–N with tert-alkyl or cyclic N) is 1. The Labute approximate surface area is 154 Å². The Morgan fingerprint density at radius 3 is 2.36 bits per heavy atom. The SMILES string of the molecule is Cl.O=C(NC1CCCCC1)c1ccc(NC(=O)C2CC(O)CN2)cc1. The molecule has 6 nitrogen and oxygen atoms in total. The second-order valence-corrected chi connectivity index (χ2v) is 6.73. The number of carbonyl (C=O) groups excluding carboxylic acids is 2. The van der Waals surface area contributed by atoms with E-state index in [4.69, 9.17) is 0 Å². The molecule has 2 unspecified atom stereocenters. The summed E-state index contributed by atoms with van der Waals surface area (Å²) >= 11 is 0. The number of carbonyl (C=O) groups is 2. The van der Waals surface area contributed by atoms with Crippen LogP contribution in [0.25, 0.3) is 0 Å². The van der Waals surface area contributed by atoms with Crippen LogP contribution in [0.2, 0.25) is 0 Å². The number of aliphatic hydroxyl groups excluding tert-OH is 1. The van der Waals surface area contributed by atoms with Gasteiger partial charge >= 0.3 is 0 Å². The Balaban J connectivity index is 0.00000225. The zero-order valence-electron chi connectivity index (χ0n) is 14.2. The van der Waals surface area contributed by atoms with Gasteiger partial charge in [-0.05, 0) is 43.5 Å². The van der Waals surface area contributed by atoms with Gasteiger partial charge in [0.1, 0.15) is 0 Å². The molecule has 1 aromatic rings. The quantitative estimate of drug-likeness (QED) is 0.653. The number of hydrogen-bond donors (Lipinski definition) is 4. The minimum Gasteiger partial charge on any atom is -0.392 e. The lowest BCUT2D eigenvalue weighted by atomic mass is 9.95. The molecule has 2 aliphatic rings. The van der Waals surface area contributed by atoms with Crippen LogP contribution in [0.5, 0.6) is 0 Å². The van der Waals surface area contributed by atoms with Gasteiger partial charge in [0.15, 0.2) is 0 Å². The molecule has 0 radical (unpaired) electrons. The fourth-order valence-electron chi connectivity index (χ4n) is 3.37. The predicted octanol–water partition coefficient (Wildman–Crippen LogP) is 1.83. The molecule has 1 saturated heterocycles. The predicted molar refractivity (Wildman–Crippen MR) is 99.1 cm³/mol. The maximum absolute atomic E-state index is 12.3. The summed E-state index contributed by atoms with van der Waals surface area (Å²) in [5.41, 5.74) is 1.25. The summed E-state index contributed by atoms with van der Waals surface area (Å²) in [7, 11) is 0. The van der Waals surface area contributed by atoms with Crippen molar-refractivity contribution < 1.29 is 14.7 Å². The van der Waals surface area contributed by atoms with Crippen LogP contribution in [0.15, 0.2) is 24.3 Å². The molecule has 1 aliphatic heterocycles. The van der Waals surface area contributed by atoms with E-state index in [2.05, 4.69) is 16.0 Å². The number of benzene rings is 1. The molecule has 1 aromatic carbocycles. The van der Waals surface area contributed by atoms with Gasteiger partial charge in [-0.1, -0.05) is 19.3 Å². The van der Waals surface area contributed by atoms with Crippen molar-refractivity contribution in [2.45, 2.75) is 56.7 Å². The van der Waals surface area contributed by atoms with Gasteiger partial charge in [0, 0.05) is 23.8 Å². The van der Waals surface area contributed by atoms with E-state index in [9.17, 15) is 14.7 Å². The van der Waals surface area contributed by atoms with Crippen LogP contribution in [0.4, 0.5) is 5.69 Å². The largest absolute Gasteiger partial charge is 0.392 e. The summed E-state index contributed by atoms with van der Waals surface area (Å²) in [6, 6.07) is 6.84. The number of rotatable bonds is 4. The molecule has 1 aliphatic carbocycles. The average molecular weight is 368 g/mol. The van der Waals surface area contributed by atoms with Gasteiger partial charge in [-0.25, -0.2) is 0 Å². The molecule has 1 saturated carbocycles. The lowest BCUT2D eigenvalue weighted by Crippen LogP contribution is -2.36. The summed E-state index contributed by atoms with van der Waals surface area (Å²) in [5, 5.41) is 18.3. The van der Waals surface area contributed by atoms with Crippen molar-refractivity contribution in [2.24, 2.45) is 0 Å². The third kappa shape index (κ3) is 5.42. The Bertz CT molecular complexity index is 588. The third-order valence-electron chi connectivity index (χ3n) is 4.78. The number of aliphatic hydroxyl groups is 1. The van der Waals surface area contributed by atoms with Gasteiger partial charge in [-0.2, -0.15) is 0 Å². The molecule has 0 bridgehead atoms. The number of nitrogens with one attached hydrogen (secondary N) is 3. The fourth-order valence-corrected chi connectivity index (χ4v) is 3.37. The first kappa shape index (κ1) is 19.7. The number of amides is 2. The van der Waals surface area contributed by atoms with E-state index in [-0.39, 0.29) is 36.3 Å². The molecular formula is C18H26ClN3O3. The van der Waals surface area contributed by atoms with Crippen LogP contribution in [-0.2, 0) is 4.79 Å². The monoisotopic (exact) mass is 367 g/mol. The topological polar surface area (TPSA) is 90.5 Å². The maximum Gasteiger partial charge on any atom is 0.251 e. The van der Waals surface area contributed by atoms with Crippen LogP contribution in [0.3, 0.4) is 0 Å². The number of halogens is 1. The highest BCUT2D eigenvalue weighted by Crippen LogP contribution is 2.18. The van der Waals surface area contributed by atoms with Crippen LogP contribution >= 0.6 is 12.4 Å². The van der Waals surface area contributed by atoms with Crippen molar-refractivity contribution >= 4 is 29.9 Å². The normalized spacial score (nSPS) is 23.6. The van der Waals surface area contributed by atoms with Gasteiger partial charge in [0.2, 0.25) is 5.91 Å². The first-order chi connectivity index (χ1) is 11.6. The first-order valence-corrected chi connectivity index (χ1v) is 8.75. The Morgan fingerprint density at radius 1 is 1.08 bits per heavy atom. The van der Waals surface area contributed by atoms with E-state index < -0.39 is 6.10 Å². The van der Waals surface area contributed by atoms with E-state index in [0.29, 0.717) is 24.2 Å². The van der Waals surface area contributed by atoms with Crippen molar-refractivity contribution in [1.29, 1.82) is 0 Å². The van der Waals surface area contributed by atoms with Crippen LogP contribution in [-0.4, -0.2) is 41.7 Å². The third-order valence-corrected chi connectivity index (χ3v) is 4.78. The number of anilines is 1. The van der Waals surface area contributed by atoms with Gasteiger partial charge in [-0.3, -0.25) is 9.59 Å². The highest BCUT2D eigenvalue weighted by molar-refractivity contribution is 5.97. The Kier molecular flexibility index (Phi) is 7.23. The molecule has 3 rings (SSSR count). The number of hydrogen-bond acceptors (Lipinski definition) is 4. The van der Waals surface area contributed by atoms with Gasteiger partial charge in [0.05, 0.1) is 12.1 Å². The van der Waals surface area contributed by atoms with Crippen molar-refractivity contribution in [2.75, 3.05) is 11.9 Å².